The summed E-state index contributed by atoms with van der Waals surface area (Å²) in [5.74, 6) is 1.39. The molecule has 5 aromatic rings. The van der Waals surface area contributed by atoms with E-state index in [2.05, 4.69) is 72.3 Å². The van der Waals surface area contributed by atoms with Crippen LogP contribution < -0.4 is 16.0 Å². The Bertz CT molecular complexity index is 1980. The van der Waals surface area contributed by atoms with Crippen LogP contribution in [0.1, 0.15) is 57.2 Å². The number of benzene rings is 2. The molecule has 3 aromatic heterocycles. The lowest BCUT2D eigenvalue weighted by Crippen LogP contribution is -2.51. The van der Waals surface area contributed by atoms with E-state index < -0.39 is 12.1 Å². The first-order chi connectivity index (χ1) is 24.2. The zero-order chi connectivity index (χ0) is 35.2. The van der Waals surface area contributed by atoms with E-state index in [1.807, 2.05) is 32.3 Å². The van der Waals surface area contributed by atoms with Crippen molar-refractivity contribution in [3.05, 3.63) is 66.5 Å². The first-order valence-electron chi connectivity index (χ1n) is 17.2. The third-order valence-electron chi connectivity index (χ3n) is 9.21. The number of fused-ring (bicyclic) bond motifs is 2. The number of nitrogens with zero attached hydrogens (tertiary/aromatic N) is 4. The number of carbonyl (C=O) groups excluding carboxylic acids is 3. The predicted molar refractivity (Wildman–Crippen MR) is 192 cm³/mol. The van der Waals surface area contributed by atoms with Crippen molar-refractivity contribution < 1.29 is 19.1 Å². The molecule has 0 spiro atoms. The van der Waals surface area contributed by atoms with Gasteiger partial charge in [-0.2, -0.15) is 0 Å². The minimum Gasteiger partial charge on any atom is -0.453 e. The van der Waals surface area contributed by atoms with E-state index >= 15 is 0 Å². The molecule has 1 aliphatic heterocycles. The van der Waals surface area contributed by atoms with Crippen LogP contribution in [0.25, 0.3) is 44.3 Å². The molecular weight excluding hydrogens is 634 g/mol. The molecule has 262 valence electrons. The van der Waals surface area contributed by atoms with Gasteiger partial charge in [-0.25, -0.2) is 19.7 Å². The summed E-state index contributed by atoms with van der Waals surface area (Å²) in [6.45, 7) is 5.38. The summed E-state index contributed by atoms with van der Waals surface area (Å²) < 4.78 is 4.76. The van der Waals surface area contributed by atoms with Gasteiger partial charge in [0, 0.05) is 36.8 Å². The van der Waals surface area contributed by atoms with Gasteiger partial charge in [0.25, 0.3) is 0 Å². The number of likely N-dealkylation sites (N-methyl/N-ethyl adjacent to an activating group) is 1. The fraction of sp³-hybridized carbons (Fsp3) is 0.405. The normalized spacial score (nSPS) is 15.1. The number of rotatable bonds is 13. The lowest BCUT2D eigenvalue weighted by Gasteiger charge is -2.29. The highest BCUT2D eigenvalue weighted by Gasteiger charge is 2.37. The highest BCUT2D eigenvalue weighted by Crippen LogP contribution is 2.34. The van der Waals surface area contributed by atoms with E-state index in [1.165, 1.54) is 7.11 Å². The van der Waals surface area contributed by atoms with Crippen LogP contribution in [-0.4, -0.2) is 87.6 Å². The van der Waals surface area contributed by atoms with E-state index in [4.69, 9.17) is 9.72 Å². The van der Waals surface area contributed by atoms with Crippen molar-refractivity contribution in [2.75, 3.05) is 33.8 Å². The largest absolute Gasteiger partial charge is 0.453 e. The van der Waals surface area contributed by atoms with Crippen molar-refractivity contribution in [2.24, 2.45) is 5.92 Å². The number of likely N-dealkylation sites (tertiary alicyclic amines) is 1. The van der Waals surface area contributed by atoms with Crippen LogP contribution >= 0.6 is 0 Å². The third kappa shape index (κ3) is 7.78. The van der Waals surface area contributed by atoms with Crippen molar-refractivity contribution in [1.29, 1.82) is 0 Å². The standard InChI is InChI=1S/C37H45N9O4/c1-22(2)33(44-37(49)50-4)36(48)46-15-7-8-30(46)35-43-28-18-27(19-41-34(28)45-35)25-11-10-24-17-26(13-12-23(24)16-25)29-20-40-31(42-29)9-5-6-14-39-32(47)21-38-3/h10-13,16-20,22,30,33,38H,5-9,14-15,21H2,1-4H3,(H,39,47)(H,40,42)(H,44,49)(H,41,43,45). The van der Waals surface area contributed by atoms with E-state index in [9.17, 15) is 14.4 Å². The maximum atomic E-state index is 13.6. The van der Waals surface area contributed by atoms with Crippen LogP contribution in [0, 0.1) is 5.92 Å². The lowest BCUT2D eigenvalue weighted by molar-refractivity contribution is -0.135. The Morgan fingerprint density at radius 1 is 0.980 bits per heavy atom. The summed E-state index contributed by atoms with van der Waals surface area (Å²) in [4.78, 5) is 59.8. The molecular formula is C37H45N9O4. The Kier molecular flexibility index (Phi) is 10.7. The summed E-state index contributed by atoms with van der Waals surface area (Å²) in [6, 6.07) is 13.9. The van der Waals surface area contributed by atoms with Crippen LogP contribution in [0.4, 0.5) is 4.79 Å². The molecule has 1 saturated heterocycles. The SMILES string of the molecule is CNCC(=O)NCCCCc1ncc(-c2ccc3cc(-c4cnc5nc(C6CCCN6C(=O)C(NC(=O)OC)C(C)C)[nH]c5c4)ccc3c2)[nH]1. The second-order valence-corrected chi connectivity index (χ2v) is 13.1. The number of aryl methyl sites for hydroxylation is 1. The van der Waals surface area contributed by atoms with E-state index in [-0.39, 0.29) is 23.8 Å². The number of hydrogen-bond donors (Lipinski definition) is 5. The van der Waals surface area contributed by atoms with Crippen LogP contribution in [0.15, 0.2) is 54.9 Å². The molecule has 1 fully saturated rings. The average Bonchev–Trinajstić information content (AvgIpc) is 3.89. The van der Waals surface area contributed by atoms with Gasteiger partial charge in [-0.15, -0.1) is 0 Å². The van der Waals surface area contributed by atoms with Crippen molar-refractivity contribution in [1.82, 2.24) is 45.8 Å². The average molecular weight is 680 g/mol. The second kappa shape index (κ2) is 15.5. The van der Waals surface area contributed by atoms with Gasteiger partial charge in [-0.05, 0) is 73.2 Å². The number of alkyl carbamates (subject to hydrolysis) is 1. The molecule has 6 rings (SSSR count). The summed E-state index contributed by atoms with van der Waals surface area (Å²) >= 11 is 0. The molecule has 4 heterocycles. The topological polar surface area (TPSA) is 170 Å². The quantitative estimate of drug-likeness (QED) is 0.110. The van der Waals surface area contributed by atoms with Crippen LogP contribution in [0.2, 0.25) is 0 Å². The van der Waals surface area contributed by atoms with Gasteiger partial charge in [0.1, 0.15) is 17.7 Å². The molecule has 5 N–H and O–H groups in total. The number of pyridine rings is 1. The number of aromatic amines is 2. The van der Waals surface area contributed by atoms with Crippen LogP contribution in [0.5, 0.6) is 0 Å². The van der Waals surface area contributed by atoms with Gasteiger partial charge in [-0.1, -0.05) is 38.1 Å². The molecule has 0 saturated carbocycles. The van der Waals surface area contributed by atoms with Crippen molar-refractivity contribution in [3.8, 4) is 22.4 Å². The molecule has 2 unspecified atom stereocenters. The molecule has 50 heavy (non-hydrogen) atoms. The summed E-state index contributed by atoms with van der Waals surface area (Å²) in [5.41, 5.74) is 5.43. The van der Waals surface area contributed by atoms with Crippen molar-refractivity contribution in [2.45, 2.75) is 58.0 Å². The number of aromatic nitrogens is 5. The fourth-order valence-electron chi connectivity index (χ4n) is 6.52. The molecule has 13 nitrogen and oxygen atoms in total. The molecule has 13 heteroatoms. The smallest absolute Gasteiger partial charge is 0.407 e. The molecule has 0 aliphatic carbocycles. The lowest BCUT2D eigenvalue weighted by atomic mass is 10.00. The highest BCUT2D eigenvalue weighted by atomic mass is 16.5. The monoisotopic (exact) mass is 679 g/mol. The zero-order valence-electron chi connectivity index (χ0n) is 29.0. The van der Waals surface area contributed by atoms with E-state index in [0.717, 1.165) is 76.6 Å². The Labute approximate surface area is 291 Å². The minimum absolute atomic E-state index is 0.0106. The number of amides is 3. The van der Waals surface area contributed by atoms with Crippen LogP contribution in [0.3, 0.4) is 0 Å². The Morgan fingerprint density at radius 2 is 1.76 bits per heavy atom. The van der Waals surface area contributed by atoms with Gasteiger partial charge >= 0.3 is 6.09 Å². The number of carbonyl (C=O) groups is 3. The zero-order valence-corrected chi connectivity index (χ0v) is 29.0. The van der Waals surface area contributed by atoms with Gasteiger partial charge in [-0.3, -0.25) is 9.59 Å². The van der Waals surface area contributed by atoms with E-state index in [1.54, 1.807) is 11.9 Å². The maximum Gasteiger partial charge on any atom is 0.407 e. The molecule has 1 aliphatic rings. The second-order valence-electron chi connectivity index (χ2n) is 13.1. The number of methoxy groups -OCH3 is 1. The number of ether oxygens (including phenoxy) is 1. The Hall–Kier alpha value is -5.30. The summed E-state index contributed by atoms with van der Waals surface area (Å²) in [6.07, 6.45) is 7.34. The number of imidazole rings is 2. The molecule has 0 bridgehead atoms. The number of unbranched alkanes of at least 4 members (excludes halogenated alkanes) is 1. The molecule has 2 atom stereocenters. The summed E-state index contributed by atoms with van der Waals surface area (Å²) in [5, 5.41) is 10.7. The maximum absolute atomic E-state index is 13.6. The van der Waals surface area contributed by atoms with Gasteiger partial charge in [0.05, 0.1) is 37.1 Å². The fourth-order valence-corrected chi connectivity index (χ4v) is 6.52. The first kappa shape index (κ1) is 34.6. The van der Waals surface area contributed by atoms with Crippen LogP contribution in [-0.2, 0) is 20.7 Å². The number of hydrogen-bond acceptors (Lipinski definition) is 8. The molecule has 2 aromatic carbocycles. The Morgan fingerprint density at radius 3 is 2.52 bits per heavy atom. The summed E-state index contributed by atoms with van der Waals surface area (Å²) in [7, 11) is 3.05. The van der Waals surface area contributed by atoms with Gasteiger partial charge in [0.15, 0.2) is 5.65 Å². The molecule has 3 amide bonds. The van der Waals surface area contributed by atoms with Gasteiger partial charge in [0.2, 0.25) is 11.8 Å². The van der Waals surface area contributed by atoms with Crippen molar-refractivity contribution >= 4 is 39.8 Å². The van der Waals surface area contributed by atoms with E-state index in [0.29, 0.717) is 31.1 Å². The highest BCUT2D eigenvalue weighted by molar-refractivity contribution is 5.91. The molecule has 0 radical (unpaired) electrons. The number of nitrogens with one attached hydrogen (secondary N) is 5. The van der Waals surface area contributed by atoms with Crippen molar-refractivity contribution in [3.63, 3.8) is 0 Å². The minimum atomic E-state index is -0.691. The predicted octanol–water partition coefficient (Wildman–Crippen LogP) is 4.87. The first-order valence-corrected chi connectivity index (χ1v) is 17.2. The third-order valence-corrected chi connectivity index (χ3v) is 9.21. The number of H-pyrrole nitrogens is 2. The van der Waals surface area contributed by atoms with Gasteiger partial charge < -0.3 is 35.6 Å². The Balaban J connectivity index is 1.13.